The van der Waals surface area contributed by atoms with Crippen LogP contribution in [-0.4, -0.2) is 37.9 Å². The van der Waals surface area contributed by atoms with E-state index in [2.05, 4.69) is 10.3 Å². The van der Waals surface area contributed by atoms with Gasteiger partial charge < -0.3 is 10.2 Å². The Morgan fingerprint density at radius 3 is 2.46 bits per heavy atom. The molecule has 0 spiro atoms. The number of nitrogens with zero attached hydrogens (tertiary/aromatic N) is 2. The molecule has 3 aromatic carbocycles. The van der Waals surface area contributed by atoms with E-state index in [1.165, 1.54) is 24.1 Å². The van der Waals surface area contributed by atoms with Gasteiger partial charge in [-0.15, -0.1) is 0 Å². The molecule has 3 amide bonds. The number of pyridine rings is 1. The molecule has 1 aliphatic carbocycles. The standard InChI is InChI=1S/C28H24F2N4O4S/c1-17-6-3-4-9-25(17)39(37,38)33-27(36)32-28(15-23(28)19-12-20(29)14-21(30)13-19)26(35)34(2)24-8-5-7-18-16-31-11-10-22(18)24/h3-14,16,23H,15H2,1-2H3,(H2,32,33,36). The highest BCUT2D eigenvalue weighted by atomic mass is 32.2. The van der Waals surface area contributed by atoms with E-state index in [1.807, 2.05) is 10.8 Å². The van der Waals surface area contributed by atoms with Crippen LogP contribution in [0.15, 0.2) is 84.0 Å². The van der Waals surface area contributed by atoms with Crippen molar-refractivity contribution in [2.45, 2.75) is 29.7 Å². The molecule has 1 fully saturated rings. The molecule has 4 aromatic rings. The van der Waals surface area contributed by atoms with Gasteiger partial charge in [-0.05, 0) is 54.8 Å². The second-order valence-corrected chi connectivity index (χ2v) is 11.1. The third-order valence-corrected chi connectivity index (χ3v) is 8.39. The van der Waals surface area contributed by atoms with Crippen molar-refractivity contribution in [2.24, 2.45) is 0 Å². The normalized spacial score (nSPS) is 18.4. The van der Waals surface area contributed by atoms with E-state index in [0.29, 0.717) is 17.3 Å². The van der Waals surface area contributed by atoms with Gasteiger partial charge in [0.2, 0.25) is 0 Å². The molecule has 1 aromatic heterocycles. The average molecular weight is 551 g/mol. The number of anilines is 1. The molecule has 2 N–H and O–H groups in total. The number of aromatic nitrogens is 1. The summed E-state index contributed by atoms with van der Waals surface area (Å²) in [5.74, 6) is -3.05. The molecule has 0 bridgehead atoms. The third kappa shape index (κ3) is 4.92. The van der Waals surface area contributed by atoms with Crippen LogP contribution in [0.1, 0.15) is 23.5 Å². The number of nitrogens with one attached hydrogen (secondary N) is 2. The van der Waals surface area contributed by atoms with Gasteiger partial charge in [0, 0.05) is 42.2 Å². The van der Waals surface area contributed by atoms with Crippen LogP contribution in [-0.2, 0) is 14.8 Å². The number of carbonyl (C=O) groups excluding carboxylic acids is 2. The van der Waals surface area contributed by atoms with Crippen molar-refractivity contribution in [3.8, 4) is 0 Å². The fourth-order valence-electron chi connectivity index (χ4n) is 4.94. The number of aryl methyl sites for hydroxylation is 1. The number of fused-ring (bicyclic) bond motifs is 1. The highest BCUT2D eigenvalue weighted by molar-refractivity contribution is 7.90. The maximum atomic E-state index is 14.1. The second-order valence-electron chi connectivity index (χ2n) is 9.49. The molecule has 5 rings (SSSR count). The van der Waals surface area contributed by atoms with Gasteiger partial charge in [0.1, 0.15) is 17.2 Å². The van der Waals surface area contributed by atoms with Gasteiger partial charge in [-0.3, -0.25) is 9.78 Å². The van der Waals surface area contributed by atoms with E-state index in [0.717, 1.165) is 22.9 Å². The molecule has 1 aliphatic rings. The zero-order valence-corrected chi connectivity index (χ0v) is 21.8. The van der Waals surface area contributed by atoms with Crippen molar-refractivity contribution in [3.05, 3.63) is 102 Å². The number of amides is 3. The second kappa shape index (κ2) is 9.73. The van der Waals surface area contributed by atoms with Crippen molar-refractivity contribution in [1.29, 1.82) is 0 Å². The molecular weight excluding hydrogens is 526 g/mol. The summed E-state index contributed by atoms with van der Waals surface area (Å²) in [6, 6.07) is 14.9. The van der Waals surface area contributed by atoms with Crippen molar-refractivity contribution < 1.29 is 26.8 Å². The van der Waals surface area contributed by atoms with E-state index < -0.39 is 45.1 Å². The lowest BCUT2D eigenvalue weighted by Crippen LogP contribution is -2.54. The summed E-state index contributed by atoms with van der Waals surface area (Å²) in [5.41, 5.74) is -0.549. The SMILES string of the molecule is Cc1ccccc1S(=O)(=O)NC(=O)NC1(C(=O)N(C)c2cccc3cnccc23)CC1c1cc(F)cc(F)c1. The van der Waals surface area contributed by atoms with E-state index in [-0.39, 0.29) is 16.9 Å². The van der Waals surface area contributed by atoms with Gasteiger partial charge in [-0.1, -0.05) is 30.3 Å². The summed E-state index contributed by atoms with van der Waals surface area (Å²) >= 11 is 0. The summed E-state index contributed by atoms with van der Waals surface area (Å²) in [7, 11) is -2.75. The lowest BCUT2D eigenvalue weighted by molar-refractivity contribution is -0.121. The Hall–Kier alpha value is -4.38. The molecule has 1 saturated carbocycles. The van der Waals surface area contributed by atoms with Crippen LogP contribution >= 0.6 is 0 Å². The first-order chi connectivity index (χ1) is 18.5. The van der Waals surface area contributed by atoms with E-state index in [4.69, 9.17) is 0 Å². The van der Waals surface area contributed by atoms with Gasteiger partial charge in [-0.25, -0.2) is 26.7 Å². The third-order valence-electron chi connectivity index (χ3n) is 6.90. The molecule has 0 aliphatic heterocycles. The maximum Gasteiger partial charge on any atom is 0.329 e. The summed E-state index contributed by atoms with van der Waals surface area (Å²) in [5, 5.41) is 4.02. The highest BCUT2D eigenvalue weighted by Gasteiger charge is 2.63. The average Bonchev–Trinajstić information content (AvgIpc) is 3.61. The number of urea groups is 1. The number of hydrogen-bond acceptors (Lipinski definition) is 5. The largest absolute Gasteiger partial charge is 0.329 e. The van der Waals surface area contributed by atoms with Crippen molar-refractivity contribution in [3.63, 3.8) is 0 Å². The molecule has 200 valence electrons. The predicted octanol–water partition coefficient (Wildman–Crippen LogP) is 4.40. The lowest BCUT2D eigenvalue weighted by Gasteiger charge is -2.27. The van der Waals surface area contributed by atoms with Crippen molar-refractivity contribution >= 4 is 38.4 Å². The van der Waals surface area contributed by atoms with Crippen LogP contribution in [0, 0.1) is 18.6 Å². The number of hydrogen-bond donors (Lipinski definition) is 2. The van der Waals surface area contributed by atoms with Crippen LogP contribution in [0.3, 0.4) is 0 Å². The molecule has 39 heavy (non-hydrogen) atoms. The van der Waals surface area contributed by atoms with E-state index in [9.17, 15) is 26.8 Å². The van der Waals surface area contributed by atoms with Gasteiger partial charge >= 0.3 is 6.03 Å². The summed E-state index contributed by atoms with van der Waals surface area (Å²) in [6.45, 7) is 1.58. The van der Waals surface area contributed by atoms with Crippen molar-refractivity contribution in [2.75, 3.05) is 11.9 Å². The zero-order chi connectivity index (χ0) is 27.9. The Kier molecular flexibility index (Phi) is 6.55. The molecule has 0 radical (unpaired) electrons. The zero-order valence-electron chi connectivity index (χ0n) is 21.0. The van der Waals surface area contributed by atoms with Gasteiger partial charge in [0.05, 0.1) is 10.6 Å². The number of carbonyl (C=O) groups is 2. The number of rotatable bonds is 6. The smallest absolute Gasteiger partial charge is 0.322 e. The number of halogens is 2. The molecule has 2 unspecified atom stereocenters. The highest BCUT2D eigenvalue weighted by Crippen LogP contribution is 2.53. The molecule has 8 nitrogen and oxygen atoms in total. The minimum absolute atomic E-state index is 0.00320. The minimum Gasteiger partial charge on any atom is -0.322 e. The molecule has 0 saturated heterocycles. The summed E-state index contributed by atoms with van der Waals surface area (Å²) in [6.07, 6.45) is 3.23. The van der Waals surface area contributed by atoms with Crippen LogP contribution in [0.5, 0.6) is 0 Å². The quantitative estimate of drug-likeness (QED) is 0.370. The maximum absolute atomic E-state index is 14.1. The van der Waals surface area contributed by atoms with Crippen molar-refractivity contribution in [1.82, 2.24) is 15.0 Å². The molecular formula is C28H24F2N4O4S. The van der Waals surface area contributed by atoms with E-state index >= 15 is 0 Å². The summed E-state index contributed by atoms with van der Waals surface area (Å²) < 4.78 is 55.9. The van der Waals surface area contributed by atoms with Gasteiger partial charge in [-0.2, -0.15) is 0 Å². The van der Waals surface area contributed by atoms with Crippen LogP contribution in [0.25, 0.3) is 10.8 Å². The molecule has 11 heteroatoms. The number of sulfonamides is 1. The van der Waals surface area contributed by atoms with Crippen LogP contribution < -0.4 is 14.9 Å². The number of likely N-dealkylation sites (N-methyl/N-ethyl adjacent to an activating group) is 1. The first-order valence-electron chi connectivity index (χ1n) is 12.0. The summed E-state index contributed by atoms with van der Waals surface area (Å²) in [4.78, 5) is 32.4. The van der Waals surface area contributed by atoms with Gasteiger partial charge in [0.25, 0.3) is 15.9 Å². The fraction of sp³-hybridized carbons (Fsp3) is 0.179. The van der Waals surface area contributed by atoms with E-state index in [1.54, 1.807) is 49.6 Å². The number of benzene rings is 3. The Balaban J connectivity index is 1.50. The topological polar surface area (TPSA) is 108 Å². The minimum atomic E-state index is -4.27. The lowest BCUT2D eigenvalue weighted by atomic mass is 10.0. The molecule has 1 heterocycles. The first-order valence-corrected chi connectivity index (χ1v) is 13.5. The molecule has 2 atom stereocenters. The van der Waals surface area contributed by atoms with Gasteiger partial charge in [0.15, 0.2) is 0 Å². The first kappa shape index (κ1) is 26.2. The Morgan fingerprint density at radius 1 is 1.03 bits per heavy atom. The monoisotopic (exact) mass is 550 g/mol. The fourth-order valence-corrected chi connectivity index (χ4v) is 6.09. The predicted molar refractivity (Wildman–Crippen MR) is 142 cm³/mol. The Bertz CT molecular complexity index is 1700. The Labute approximate surface area is 223 Å². The van der Waals surface area contributed by atoms with Crippen LogP contribution in [0.4, 0.5) is 19.3 Å². The van der Waals surface area contributed by atoms with Crippen LogP contribution in [0.2, 0.25) is 0 Å². The Morgan fingerprint density at radius 2 is 1.74 bits per heavy atom.